The number of nitrogens with zero attached hydrogens (tertiary/aromatic N) is 1. The lowest BCUT2D eigenvalue weighted by Crippen LogP contribution is -2.51. The fraction of sp³-hybridized carbons (Fsp3) is 0.929. The first-order valence-electron chi connectivity index (χ1n) is 6.99. The molecule has 0 aliphatic heterocycles. The zero-order valence-electron chi connectivity index (χ0n) is 12.4. The summed E-state index contributed by atoms with van der Waals surface area (Å²) in [6.07, 6.45) is 4.47. The van der Waals surface area contributed by atoms with E-state index in [1.165, 1.54) is 12.8 Å². The number of carbonyl (C=O) groups excluding carboxylic acids is 1. The van der Waals surface area contributed by atoms with Crippen molar-refractivity contribution in [2.75, 3.05) is 19.7 Å². The molecule has 0 spiro atoms. The lowest BCUT2D eigenvalue weighted by atomic mass is 9.86. The molecule has 0 aromatic heterocycles. The molecular formula is C14H30N2O2. The van der Waals surface area contributed by atoms with E-state index in [0.717, 1.165) is 12.8 Å². The molecule has 3 N–H and O–H groups in total. The Labute approximate surface area is 112 Å². The number of amides is 1. The number of hydrogen-bond donors (Lipinski definition) is 2. The fourth-order valence-corrected chi connectivity index (χ4v) is 1.75. The van der Waals surface area contributed by atoms with E-state index < -0.39 is 6.04 Å². The number of hydrogen-bond acceptors (Lipinski definition) is 3. The van der Waals surface area contributed by atoms with Gasteiger partial charge in [0.05, 0.1) is 12.6 Å². The Balaban J connectivity index is 4.35. The van der Waals surface area contributed by atoms with Gasteiger partial charge in [0.1, 0.15) is 0 Å². The maximum Gasteiger partial charge on any atom is 0.240 e. The van der Waals surface area contributed by atoms with Crippen LogP contribution < -0.4 is 5.73 Å². The highest BCUT2D eigenvalue weighted by atomic mass is 16.3. The molecule has 0 fully saturated rings. The molecule has 0 rings (SSSR count). The number of aliphatic hydroxyl groups excluding tert-OH is 1. The molecule has 0 aromatic rings. The predicted octanol–water partition coefficient (Wildman–Crippen LogP) is 1.76. The maximum absolute atomic E-state index is 12.2. The molecule has 0 radical (unpaired) electrons. The van der Waals surface area contributed by atoms with Gasteiger partial charge in [-0.2, -0.15) is 0 Å². The molecule has 1 atom stereocenters. The molecule has 4 heteroatoms. The van der Waals surface area contributed by atoms with E-state index in [9.17, 15) is 4.79 Å². The molecule has 18 heavy (non-hydrogen) atoms. The lowest BCUT2D eigenvalue weighted by molar-refractivity contribution is -0.135. The van der Waals surface area contributed by atoms with Crippen molar-refractivity contribution in [2.24, 2.45) is 11.1 Å². The second kappa shape index (κ2) is 8.48. The van der Waals surface area contributed by atoms with Crippen LogP contribution in [-0.4, -0.2) is 41.7 Å². The Morgan fingerprint density at radius 2 is 1.83 bits per heavy atom. The maximum atomic E-state index is 12.2. The Morgan fingerprint density at radius 3 is 2.28 bits per heavy atom. The summed E-state index contributed by atoms with van der Waals surface area (Å²) in [4.78, 5) is 13.9. The number of unbranched alkanes of at least 4 members (excludes halogenated alkanes) is 3. The van der Waals surface area contributed by atoms with Gasteiger partial charge in [0.25, 0.3) is 0 Å². The minimum atomic E-state index is -0.504. The van der Waals surface area contributed by atoms with Crippen LogP contribution in [0.2, 0.25) is 0 Å². The number of nitrogens with two attached hydrogens (primary N) is 1. The van der Waals surface area contributed by atoms with Crippen LogP contribution in [0.3, 0.4) is 0 Å². The van der Waals surface area contributed by atoms with Crippen molar-refractivity contribution in [1.29, 1.82) is 0 Å². The van der Waals surface area contributed by atoms with Gasteiger partial charge in [-0.15, -0.1) is 0 Å². The Hall–Kier alpha value is -0.610. The zero-order chi connectivity index (χ0) is 14.2. The minimum absolute atomic E-state index is 0.00359. The van der Waals surface area contributed by atoms with Crippen molar-refractivity contribution < 1.29 is 9.90 Å². The van der Waals surface area contributed by atoms with Crippen LogP contribution in [0, 0.1) is 5.41 Å². The zero-order valence-corrected chi connectivity index (χ0v) is 12.4. The van der Waals surface area contributed by atoms with Crippen molar-refractivity contribution >= 4 is 5.91 Å². The average molecular weight is 258 g/mol. The quantitative estimate of drug-likeness (QED) is 0.652. The summed E-state index contributed by atoms with van der Waals surface area (Å²) in [7, 11) is 0. The molecule has 0 aliphatic rings. The van der Waals surface area contributed by atoms with Crippen LogP contribution in [0.25, 0.3) is 0 Å². The topological polar surface area (TPSA) is 66.6 Å². The van der Waals surface area contributed by atoms with Crippen LogP contribution in [0.1, 0.15) is 53.4 Å². The van der Waals surface area contributed by atoms with E-state index in [1.54, 1.807) is 4.90 Å². The van der Waals surface area contributed by atoms with Crippen LogP contribution >= 0.6 is 0 Å². The molecule has 108 valence electrons. The largest absolute Gasteiger partial charge is 0.395 e. The molecule has 0 aliphatic carbocycles. The second-order valence-electron chi connectivity index (χ2n) is 5.95. The van der Waals surface area contributed by atoms with Gasteiger partial charge in [-0.05, 0) is 11.8 Å². The first kappa shape index (κ1) is 17.4. The summed E-state index contributed by atoms with van der Waals surface area (Å²) >= 11 is 0. The lowest BCUT2D eigenvalue weighted by Gasteiger charge is -2.31. The normalized spacial score (nSPS) is 13.4. The van der Waals surface area contributed by atoms with Crippen LogP contribution in [-0.2, 0) is 4.79 Å². The number of carbonyl (C=O) groups is 1. The summed E-state index contributed by atoms with van der Waals surface area (Å²) in [5, 5.41) is 9.04. The fourth-order valence-electron chi connectivity index (χ4n) is 1.75. The standard InChI is InChI=1S/C14H30N2O2/c1-5-6-7-8-9-16(10-11-17)13(18)12(15)14(2,3)4/h12,17H,5-11,15H2,1-4H3/t12-/m1/s1. The summed E-state index contributed by atoms with van der Waals surface area (Å²) in [6.45, 7) is 9.12. The molecular weight excluding hydrogens is 228 g/mol. The highest BCUT2D eigenvalue weighted by Gasteiger charge is 2.30. The Kier molecular flexibility index (Phi) is 8.20. The third kappa shape index (κ3) is 6.36. The first-order chi connectivity index (χ1) is 8.34. The van der Waals surface area contributed by atoms with Gasteiger partial charge in [-0.3, -0.25) is 4.79 Å². The molecule has 0 unspecified atom stereocenters. The Bertz CT molecular complexity index is 236. The molecule has 0 aromatic carbocycles. The van der Waals surface area contributed by atoms with Crippen molar-refractivity contribution in [2.45, 2.75) is 59.4 Å². The van der Waals surface area contributed by atoms with E-state index in [2.05, 4.69) is 6.92 Å². The van der Waals surface area contributed by atoms with Gasteiger partial charge in [0.2, 0.25) is 5.91 Å². The highest BCUT2D eigenvalue weighted by molar-refractivity contribution is 5.82. The smallest absolute Gasteiger partial charge is 0.240 e. The average Bonchev–Trinajstić information content (AvgIpc) is 2.30. The molecule has 4 nitrogen and oxygen atoms in total. The summed E-state index contributed by atoms with van der Waals surface area (Å²) in [5.41, 5.74) is 5.74. The number of rotatable bonds is 8. The van der Waals surface area contributed by atoms with Gasteiger partial charge >= 0.3 is 0 Å². The van der Waals surface area contributed by atoms with E-state index in [0.29, 0.717) is 13.1 Å². The first-order valence-corrected chi connectivity index (χ1v) is 6.99. The van der Waals surface area contributed by atoms with Gasteiger partial charge in [-0.1, -0.05) is 47.0 Å². The molecule has 0 bridgehead atoms. The van der Waals surface area contributed by atoms with Gasteiger partial charge < -0.3 is 15.7 Å². The highest BCUT2D eigenvalue weighted by Crippen LogP contribution is 2.19. The third-order valence-electron chi connectivity index (χ3n) is 3.16. The summed E-state index contributed by atoms with van der Waals surface area (Å²) in [6, 6.07) is -0.504. The van der Waals surface area contributed by atoms with E-state index in [4.69, 9.17) is 10.8 Å². The Morgan fingerprint density at radius 1 is 1.22 bits per heavy atom. The van der Waals surface area contributed by atoms with Crippen molar-refractivity contribution in [1.82, 2.24) is 4.90 Å². The monoisotopic (exact) mass is 258 g/mol. The molecule has 1 amide bonds. The predicted molar refractivity (Wildman–Crippen MR) is 75.2 cm³/mol. The molecule has 0 saturated heterocycles. The van der Waals surface area contributed by atoms with Gasteiger partial charge in [0.15, 0.2) is 0 Å². The van der Waals surface area contributed by atoms with Gasteiger partial charge in [0, 0.05) is 13.1 Å². The minimum Gasteiger partial charge on any atom is -0.395 e. The van der Waals surface area contributed by atoms with Crippen molar-refractivity contribution in [3.05, 3.63) is 0 Å². The van der Waals surface area contributed by atoms with Crippen LogP contribution in [0.15, 0.2) is 0 Å². The second-order valence-corrected chi connectivity index (χ2v) is 5.95. The summed E-state index contributed by atoms with van der Waals surface area (Å²) < 4.78 is 0. The molecule has 0 saturated carbocycles. The SMILES string of the molecule is CCCCCCN(CCO)C(=O)[C@@H](N)C(C)(C)C. The van der Waals surface area contributed by atoms with E-state index in [1.807, 2.05) is 20.8 Å². The van der Waals surface area contributed by atoms with E-state index >= 15 is 0 Å². The van der Waals surface area contributed by atoms with Crippen molar-refractivity contribution in [3.8, 4) is 0 Å². The number of aliphatic hydroxyl groups is 1. The van der Waals surface area contributed by atoms with E-state index in [-0.39, 0.29) is 17.9 Å². The third-order valence-corrected chi connectivity index (χ3v) is 3.16. The summed E-state index contributed by atoms with van der Waals surface area (Å²) in [5.74, 6) is -0.0481. The van der Waals surface area contributed by atoms with Crippen LogP contribution in [0.4, 0.5) is 0 Å². The van der Waals surface area contributed by atoms with Crippen LogP contribution in [0.5, 0.6) is 0 Å². The van der Waals surface area contributed by atoms with Gasteiger partial charge in [-0.25, -0.2) is 0 Å². The van der Waals surface area contributed by atoms with Crippen molar-refractivity contribution in [3.63, 3.8) is 0 Å². The molecule has 0 heterocycles.